The van der Waals surface area contributed by atoms with Crippen LogP contribution in [-0.2, 0) is 0 Å². The van der Waals surface area contributed by atoms with Crippen LogP contribution in [0.4, 0.5) is 11.4 Å². The highest BCUT2D eigenvalue weighted by atomic mass is 16.2. The van der Waals surface area contributed by atoms with Gasteiger partial charge in [-0.1, -0.05) is 13.8 Å². The van der Waals surface area contributed by atoms with Crippen LogP contribution in [0.1, 0.15) is 60.2 Å². The normalized spacial score (nSPS) is 13.4. The van der Waals surface area contributed by atoms with Crippen LogP contribution in [0.3, 0.4) is 0 Å². The van der Waals surface area contributed by atoms with Gasteiger partial charge in [0.15, 0.2) is 0 Å². The van der Waals surface area contributed by atoms with Gasteiger partial charge in [-0.25, -0.2) is 0 Å². The van der Waals surface area contributed by atoms with Crippen molar-refractivity contribution in [3.05, 3.63) is 53.9 Å². The Balaban J connectivity index is 1.68. The maximum absolute atomic E-state index is 12.8. The molecule has 3 rings (SSSR count). The highest BCUT2D eigenvalue weighted by Crippen LogP contribution is 2.22. The second kappa shape index (κ2) is 10.0. The number of anilines is 2. The summed E-state index contributed by atoms with van der Waals surface area (Å²) in [6.07, 6.45) is 7.28. The van der Waals surface area contributed by atoms with E-state index in [4.69, 9.17) is 0 Å². The third kappa shape index (κ3) is 5.34. The molecule has 0 saturated carbocycles. The van der Waals surface area contributed by atoms with Crippen molar-refractivity contribution in [2.75, 3.05) is 36.4 Å². The number of benzene rings is 1. The molecule has 1 aliphatic rings. The van der Waals surface area contributed by atoms with Crippen molar-refractivity contribution in [1.82, 2.24) is 9.88 Å². The van der Waals surface area contributed by atoms with E-state index in [0.29, 0.717) is 24.2 Å². The van der Waals surface area contributed by atoms with Gasteiger partial charge in [0.25, 0.3) is 11.8 Å². The molecule has 1 aromatic heterocycles. The first-order chi connectivity index (χ1) is 14.1. The number of hydrogen-bond donors (Lipinski definition) is 1. The Hall–Kier alpha value is -2.89. The third-order valence-corrected chi connectivity index (χ3v) is 5.12. The van der Waals surface area contributed by atoms with Gasteiger partial charge in [0.2, 0.25) is 0 Å². The van der Waals surface area contributed by atoms with E-state index in [1.165, 1.54) is 30.9 Å². The van der Waals surface area contributed by atoms with Crippen LogP contribution in [-0.4, -0.2) is 47.9 Å². The van der Waals surface area contributed by atoms with E-state index in [9.17, 15) is 9.59 Å². The van der Waals surface area contributed by atoms with E-state index in [2.05, 4.69) is 15.2 Å². The van der Waals surface area contributed by atoms with Crippen molar-refractivity contribution in [2.45, 2.75) is 39.5 Å². The van der Waals surface area contributed by atoms with Crippen LogP contribution < -0.4 is 10.2 Å². The lowest BCUT2D eigenvalue weighted by Crippen LogP contribution is -2.32. The fourth-order valence-corrected chi connectivity index (χ4v) is 3.65. The van der Waals surface area contributed by atoms with Crippen molar-refractivity contribution in [1.29, 1.82) is 0 Å². The Morgan fingerprint density at radius 1 is 1.00 bits per heavy atom. The number of rotatable bonds is 8. The molecule has 2 heterocycles. The zero-order valence-electron chi connectivity index (χ0n) is 17.4. The van der Waals surface area contributed by atoms with E-state index < -0.39 is 0 Å². The number of amides is 2. The number of aromatic nitrogens is 1. The van der Waals surface area contributed by atoms with Gasteiger partial charge in [0, 0.05) is 49.9 Å². The van der Waals surface area contributed by atoms with Crippen molar-refractivity contribution >= 4 is 23.2 Å². The highest BCUT2D eigenvalue weighted by Gasteiger charge is 2.17. The number of nitrogens with one attached hydrogen (secondary N) is 1. The molecule has 6 nitrogen and oxygen atoms in total. The molecule has 0 atom stereocenters. The van der Waals surface area contributed by atoms with Crippen LogP contribution >= 0.6 is 0 Å². The lowest BCUT2D eigenvalue weighted by Gasteiger charge is -2.21. The van der Waals surface area contributed by atoms with E-state index in [-0.39, 0.29) is 11.8 Å². The molecule has 0 bridgehead atoms. The first-order valence-corrected chi connectivity index (χ1v) is 10.5. The lowest BCUT2D eigenvalue weighted by atomic mass is 10.1. The fraction of sp³-hybridized carbons (Fsp3) is 0.435. The predicted molar refractivity (Wildman–Crippen MR) is 117 cm³/mol. The van der Waals surface area contributed by atoms with Gasteiger partial charge in [-0.05, 0) is 56.0 Å². The molecule has 154 valence electrons. The second-order valence-electron chi connectivity index (χ2n) is 7.45. The summed E-state index contributed by atoms with van der Waals surface area (Å²) < 4.78 is 0. The molecule has 2 amide bonds. The van der Waals surface area contributed by atoms with Crippen LogP contribution in [0.15, 0.2) is 42.7 Å². The fourth-order valence-electron chi connectivity index (χ4n) is 3.65. The van der Waals surface area contributed by atoms with Gasteiger partial charge < -0.3 is 15.1 Å². The van der Waals surface area contributed by atoms with Crippen molar-refractivity contribution in [3.63, 3.8) is 0 Å². The summed E-state index contributed by atoms with van der Waals surface area (Å²) in [5, 5.41) is 2.90. The topological polar surface area (TPSA) is 65.5 Å². The summed E-state index contributed by atoms with van der Waals surface area (Å²) in [5.41, 5.74) is 2.74. The third-order valence-electron chi connectivity index (χ3n) is 5.12. The summed E-state index contributed by atoms with van der Waals surface area (Å²) in [6.45, 7) is 7.68. The highest BCUT2D eigenvalue weighted by molar-refractivity contribution is 6.05. The van der Waals surface area contributed by atoms with Crippen LogP contribution in [0.5, 0.6) is 0 Å². The maximum atomic E-state index is 12.8. The number of nitrogens with zero attached hydrogens (tertiary/aromatic N) is 3. The minimum atomic E-state index is -0.265. The smallest absolute Gasteiger partial charge is 0.257 e. The SMILES string of the molecule is CCCN(CCC)C(=O)c1cncc(C(=O)Nc2ccc(N3CCCC3)cc2)c1. The lowest BCUT2D eigenvalue weighted by molar-refractivity contribution is 0.0755. The summed E-state index contributed by atoms with van der Waals surface area (Å²) >= 11 is 0. The largest absolute Gasteiger partial charge is 0.372 e. The molecule has 1 aromatic carbocycles. The van der Waals surface area contributed by atoms with Gasteiger partial charge >= 0.3 is 0 Å². The number of carbonyl (C=O) groups excluding carboxylic acids is 2. The molecule has 0 aliphatic carbocycles. The molecule has 1 aliphatic heterocycles. The maximum Gasteiger partial charge on any atom is 0.257 e. The van der Waals surface area contributed by atoms with E-state index in [1.807, 2.05) is 43.0 Å². The van der Waals surface area contributed by atoms with E-state index in [0.717, 1.165) is 31.6 Å². The van der Waals surface area contributed by atoms with Crippen molar-refractivity contribution in [3.8, 4) is 0 Å². The minimum absolute atomic E-state index is 0.0779. The zero-order valence-corrected chi connectivity index (χ0v) is 17.4. The standard InChI is InChI=1S/C23H30N4O2/c1-3-11-27(12-4-2)23(29)19-15-18(16-24-17-19)22(28)25-20-7-9-21(10-8-20)26-13-5-6-14-26/h7-10,15-17H,3-6,11-14H2,1-2H3,(H,25,28). The van der Waals surface area contributed by atoms with Crippen LogP contribution in [0.25, 0.3) is 0 Å². The Kier molecular flexibility index (Phi) is 7.22. The average molecular weight is 395 g/mol. The van der Waals surface area contributed by atoms with Gasteiger partial charge in [-0.2, -0.15) is 0 Å². The van der Waals surface area contributed by atoms with E-state index >= 15 is 0 Å². The first kappa shape index (κ1) is 20.8. The predicted octanol–water partition coefficient (Wildman–Crippen LogP) is 4.20. The molecule has 1 saturated heterocycles. The summed E-state index contributed by atoms with van der Waals surface area (Å²) in [7, 11) is 0. The molecule has 1 fully saturated rings. The molecule has 2 aromatic rings. The molecule has 29 heavy (non-hydrogen) atoms. The van der Waals surface area contributed by atoms with Crippen LogP contribution in [0, 0.1) is 0 Å². The minimum Gasteiger partial charge on any atom is -0.372 e. The molecule has 6 heteroatoms. The molecule has 1 N–H and O–H groups in total. The molecular formula is C23H30N4O2. The zero-order chi connectivity index (χ0) is 20.6. The number of pyridine rings is 1. The van der Waals surface area contributed by atoms with Crippen molar-refractivity contribution < 1.29 is 9.59 Å². The van der Waals surface area contributed by atoms with Gasteiger partial charge in [0.05, 0.1) is 11.1 Å². The van der Waals surface area contributed by atoms with Crippen molar-refractivity contribution in [2.24, 2.45) is 0 Å². The van der Waals surface area contributed by atoms with Gasteiger partial charge in [-0.3, -0.25) is 14.6 Å². The Morgan fingerprint density at radius 3 is 2.24 bits per heavy atom. The van der Waals surface area contributed by atoms with E-state index in [1.54, 1.807) is 6.07 Å². The number of carbonyl (C=O) groups is 2. The summed E-state index contributed by atoms with van der Waals surface area (Å²) in [6, 6.07) is 9.52. The molecule has 0 unspecified atom stereocenters. The first-order valence-electron chi connectivity index (χ1n) is 10.5. The Labute approximate surface area is 172 Å². The van der Waals surface area contributed by atoms with Gasteiger partial charge in [-0.15, -0.1) is 0 Å². The number of hydrogen-bond acceptors (Lipinski definition) is 4. The summed E-state index contributed by atoms with van der Waals surface area (Å²) in [4.78, 5) is 33.7. The molecule has 0 radical (unpaired) electrons. The monoisotopic (exact) mass is 394 g/mol. The second-order valence-corrected chi connectivity index (χ2v) is 7.45. The van der Waals surface area contributed by atoms with Crippen LogP contribution in [0.2, 0.25) is 0 Å². The average Bonchev–Trinajstić information content (AvgIpc) is 3.28. The Morgan fingerprint density at radius 2 is 1.62 bits per heavy atom. The summed E-state index contributed by atoms with van der Waals surface area (Å²) in [5.74, 6) is -0.343. The Bertz CT molecular complexity index is 823. The molecule has 0 spiro atoms. The molecular weight excluding hydrogens is 364 g/mol. The van der Waals surface area contributed by atoms with Gasteiger partial charge in [0.1, 0.15) is 0 Å². The quantitative estimate of drug-likeness (QED) is 0.729.